The molecular weight excluding hydrogens is 314 g/mol. The molecule has 25 heavy (non-hydrogen) atoms. The largest absolute Gasteiger partial charge is 0.348 e. The van der Waals surface area contributed by atoms with Gasteiger partial charge in [0, 0.05) is 18.3 Å². The van der Waals surface area contributed by atoms with Crippen molar-refractivity contribution in [1.29, 1.82) is 0 Å². The van der Waals surface area contributed by atoms with E-state index in [2.05, 4.69) is 43.2 Å². The fraction of sp³-hybridized carbons (Fsp3) is 0.600. The quantitative estimate of drug-likeness (QED) is 0.807. The lowest BCUT2D eigenvalue weighted by atomic mass is 9.96. The van der Waals surface area contributed by atoms with E-state index in [1.165, 1.54) is 5.56 Å². The minimum Gasteiger partial charge on any atom is -0.348 e. The summed E-state index contributed by atoms with van der Waals surface area (Å²) < 4.78 is 0. The summed E-state index contributed by atoms with van der Waals surface area (Å²) in [4.78, 5) is 26.5. The average molecular weight is 345 g/mol. The molecule has 0 saturated carbocycles. The van der Waals surface area contributed by atoms with Crippen LogP contribution in [0, 0.1) is 5.92 Å². The predicted molar refractivity (Wildman–Crippen MR) is 102 cm³/mol. The summed E-state index contributed by atoms with van der Waals surface area (Å²) in [5, 5.41) is 5.43. The highest BCUT2D eigenvalue weighted by Gasteiger charge is 2.22. The fourth-order valence-electron chi connectivity index (χ4n) is 3.13. The van der Waals surface area contributed by atoms with Gasteiger partial charge in [0.1, 0.15) is 0 Å². The summed E-state index contributed by atoms with van der Waals surface area (Å²) in [6, 6.07) is 8.19. The molecule has 1 aliphatic heterocycles. The summed E-state index contributed by atoms with van der Waals surface area (Å²) in [6.07, 6.45) is 2.13. The Hall–Kier alpha value is -1.88. The maximum atomic E-state index is 12.0. The zero-order valence-corrected chi connectivity index (χ0v) is 15.8. The van der Waals surface area contributed by atoms with Crippen LogP contribution in [0.2, 0.25) is 0 Å². The highest BCUT2D eigenvalue weighted by Crippen LogP contribution is 2.18. The number of benzene rings is 1. The number of nitrogens with one attached hydrogen (secondary N) is 2. The topological polar surface area (TPSA) is 61.4 Å². The molecule has 0 unspecified atom stereocenters. The van der Waals surface area contributed by atoms with Gasteiger partial charge < -0.3 is 15.5 Å². The number of hydrogen-bond acceptors (Lipinski definition) is 3. The molecule has 1 heterocycles. The molecule has 5 nitrogen and oxygen atoms in total. The molecule has 2 amide bonds. The second-order valence-corrected chi connectivity index (χ2v) is 7.51. The van der Waals surface area contributed by atoms with Crippen LogP contribution >= 0.6 is 0 Å². The lowest BCUT2D eigenvalue weighted by Crippen LogP contribution is -2.43. The van der Waals surface area contributed by atoms with Gasteiger partial charge in [-0.15, -0.1) is 0 Å². The van der Waals surface area contributed by atoms with Gasteiger partial charge in [-0.1, -0.05) is 26.0 Å². The normalized spacial score (nSPS) is 16.2. The van der Waals surface area contributed by atoms with Gasteiger partial charge in [0.15, 0.2) is 0 Å². The molecular formula is C20H31N3O2. The first-order chi connectivity index (χ1) is 11.9. The first-order valence-corrected chi connectivity index (χ1v) is 9.30. The molecule has 1 aromatic carbocycles. The molecule has 138 valence electrons. The van der Waals surface area contributed by atoms with Crippen molar-refractivity contribution < 1.29 is 9.59 Å². The molecule has 0 bridgehead atoms. The van der Waals surface area contributed by atoms with Crippen molar-refractivity contribution in [3.63, 3.8) is 0 Å². The first kappa shape index (κ1) is 19.4. The molecule has 0 spiro atoms. The Morgan fingerprint density at radius 2 is 1.64 bits per heavy atom. The van der Waals surface area contributed by atoms with Gasteiger partial charge in [-0.3, -0.25) is 9.59 Å². The highest BCUT2D eigenvalue weighted by atomic mass is 16.2. The average Bonchev–Trinajstić information content (AvgIpc) is 2.60. The van der Waals surface area contributed by atoms with Gasteiger partial charge in [-0.25, -0.2) is 0 Å². The van der Waals surface area contributed by atoms with Crippen LogP contribution in [-0.4, -0.2) is 42.4 Å². The molecule has 2 rings (SSSR count). The molecule has 0 aliphatic carbocycles. The van der Waals surface area contributed by atoms with E-state index in [4.69, 9.17) is 0 Å². The summed E-state index contributed by atoms with van der Waals surface area (Å²) in [5.74, 6) is -0.261. The summed E-state index contributed by atoms with van der Waals surface area (Å²) in [6.45, 7) is 11.4. The third-order valence-corrected chi connectivity index (χ3v) is 4.97. The van der Waals surface area contributed by atoms with Gasteiger partial charge in [-0.2, -0.15) is 0 Å². The number of hydrogen-bond donors (Lipinski definition) is 2. The number of nitrogens with zero attached hydrogens (tertiary/aromatic N) is 1. The lowest BCUT2D eigenvalue weighted by molar-refractivity contribution is -0.136. The zero-order chi connectivity index (χ0) is 18.4. The molecule has 1 saturated heterocycles. The van der Waals surface area contributed by atoms with Gasteiger partial charge in [0.05, 0.1) is 0 Å². The van der Waals surface area contributed by atoms with Crippen molar-refractivity contribution in [2.24, 2.45) is 5.92 Å². The van der Waals surface area contributed by atoms with Crippen molar-refractivity contribution in [2.45, 2.75) is 52.5 Å². The Morgan fingerprint density at radius 3 is 2.16 bits per heavy atom. The molecule has 0 atom stereocenters. The summed E-state index contributed by atoms with van der Waals surface area (Å²) in [5.41, 5.74) is 1.85. The van der Waals surface area contributed by atoms with Crippen LogP contribution in [0.5, 0.6) is 0 Å². The van der Waals surface area contributed by atoms with E-state index in [-0.39, 0.29) is 0 Å². The maximum Gasteiger partial charge on any atom is 0.313 e. The van der Waals surface area contributed by atoms with E-state index in [9.17, 15) is 9.59 Å². The van der Waals surface area contributed by atoms with Gasteiger partial charge in [0.2, 0.25) is 0 Å². The van der Waals surface area contributed by atoms with Crippen LogP contribution in [0.15, 0.2) is 24.3 Å². The zero-order valence-electron chi connectivity index (χ0n) is 15.8. The second kappa shape index (κ2) is 8.99. The Morgan fingerprint density at radius 1 is 1.04 bits per heavy atom. The van der Waals surface area contributed by atoms with E-state index >= 15 is 0 Å². The minimum absolute atomic E-state index is 0.440. The standard InChI is InChI=1S/C20H31N3O2/c1-14(2)17-5-7-18(8-6-17)22-20(25)19(24)21-13-16-9-11-23(12-10-16)15(3)4/h5-8,14-16H,9-13H2,1-4H3,(H,21,24)(H,22,25). The number of carbonyl (C=O) groups excluding carboxylic acids is 2. The van der Waals surface area contributed by atoms with Crippen molar-refractivity contribution in [1.82, 2.24) is 10.2 Å². The highest BCUT2D eigenvalue weighted by molar-refractivity contribution is 6.39. The van der Waals surface area contributed by atoms with Gasteiger partial charge >= 0.3 is 11.8 Å². The number of anilines is 1. The molecule has 5 heteroatoms. The van der Waals surface area contributed by atoms with Crippen LogP contribution in [-0.2, 0) is 9.59 Å². The van der Waals surface area contributed by atoms with Crippen LogP contribution in [0.25, 0.3) is 0 Å². The van der Waals surface area contributed by atoms with Crippen molar-refractivity contribution in [3.05, 3.63) is 29.8 Å². The molecule has 1 aromatic rings. The Balaban J connectivity index is 1.74. The van der Waals surface area contributed by atoms with Crippen molar-refractivity contribution in [2.75, 3.05) is 25.0 Å². The van der Waals surface area contributed by atoms with Crippen LogP contribution < -0.4 is 10.6 Å². The third kappa shape index (κ3) is 5.85. The van der Waals surface area contributed by atoms with Gasteiger partial charge in [0.25, 0.3) is 0 Å². The first-order valence-electron chi connectivity index (χ1n) is 9.30. The van der Waals surface area contributed by atoms with Crippen molar-refractivity contribution in [3.8, 4) is 0 Å². The summed E-state index contributed by atoms with van der Waals surface area (Å²) >= 11 is 0. The summed E-state index contributed by atoms with van der Waals surface area (Å²) in [7, 11) is 0. The lowest BCUT2D eigenvalue weighted by Gasteiger charge is -2.34. The monoisotopic (exact) mass is 345 g/mol. The number of amides is 2. The Bertz CT molecular complexity index is 573. The van der Waals surface area contributed by atoms with E-state index in [1.807, 2.05) is 24.3 Å². The predicted octanol–water partition coefficient (Wildman–Crippen LogP) is 2.99. The van der Waals surface area contributed by atoms with E-state index in [1.54, 1.807) is 0 Å². The van der Waals surface area contributed by atoms with E-state index in [0.29, 0.717) is 30.1 Å². The number of carbonyl (C=O) groups is 2. The third-order valence-electron chi connectivity index (χ3n) is 4.97. The fourth-order valence-corrected chi connectivity index (χ4v) is 3.13. The van der Waals surface area contributed by atoms with E-state index < -0.39 is 11.8 Å². The molecule has 1 aliphatic rings. The van der Waals surface area contributed by atoms with Crippen LogP contribution in [0.3, 0.4) is 0 Å². The number of likely N-dealkylation sites (tertiary alicyclic amines) is 1. The Kier molecular flexibility index (Phi) is 7.00. The van der Waals surface area contributed by atoms with Crippen LogP contribution in [0.4, 0.5) is 5.69 Å². The number of piperidine rings is 1. The second-order valence-electron chi connectivity index (χ2n) is 7.51. The van der Waals surface area contributed by atoms with Crippen molar-refractivity contribution >= 4 is 17.5 Å². The molecule has 0 radical (unpaired) electrons. The molecule has 2 N–H and O–H groups in total. The maximum absolute atomic E-state index is 12.0. The number of rotatable bonds is 5. The van der Waals surface area contributed by atoms with E-state index in [0.717, 1.165) is 25.9 Å². The van der Waals surface area contributed by atoms with Gasteiger partial charge in [-0.05, 0) is 69.3 Å². The van der Waals surface area contributed by atoms with Crippen LogP contribution in [0.1, 0.15) is 52.0 Å². The molecule has 1 fully saturated rings. The minimum atomic E-state index is -0.600. The Labute approximate surface area is 151 Å². The smallest absolute Gasteiger partial charge is 0.313 e. The SMILES string of the molecule is CC(C)c1ccc(NC(=O)C(=O)NCC2CCN(C(C)C)CC2)cc1. The molecule has 0 aromatic heterocycles.